The Morgan fingerprint density at radius 1 is 1.71 bits per heavy atom. The summed E-state index contributed by atoms with van der Waals surface area (Å²) in [6.07, 6.45) is 3.98. The number of hydrogen-bond acceptors (Lipinski definition) is 3. The highest BCUT2D eigenvalue weighted by molar-refractivity contribution is 5.74. The van der Waals surface area contributed by atoms with Gasteiger partial charge in [0.15, 0.2) is 0 Å². The van der Waals surface area contributed by atoms with E-state index in [1.165, 1.54) is 0 Å². The van der Waals surface area contributed by atoms with E-state index in [1.54, 1.807) is 0 Å². The lowest BCUT2D eigenvalue weighted by Gasteiger charge is -2.12. The third-order valence-corrected chi connectivity index (χ3v) is 1.79. The Kier molecular flexibility index (Phi) is 8.17. The van der Waals surface area contributed by atoms with E-state index in [4.69, 9.17) is 10.5 Å². The topological polar surface area (TPSA) is 64.3 Å². The number of rotatable bonds is 9. The summed E-state index contributed by atoms with van der Waals surface area (Å²) in [4.78, 5) is 10.3. The molecule has 0 fully saturated rings. The van der Waals surface area contributed by atoms with Crippen LogP contribution in [0.15, 0.2) is 12.7 Å². The van der Waals surface area contributed by atoms with E-state index in [2.05, 4.69) is 18.8 Å². The number of primary amides is 1. The van der Waals surface area contributed by atoms with E-state index >= 15 is 0 Å². The molecule has 4 nitrogen and oxygen atoms in total. The molecule has 0 bridgehead atoms. The van der Waals surface area contributed by atoms with Crippen LogP contribution in [0.4, 0.5) is 0 Å². The summed E-state index contributed by atoms with van der Waals surface area (Å²) < 4.78 is 4.99. The summed E-state index contributed by atoms with van der Waals surface area (Å²) in [5.74, 6) is -0.426. The zero-order valence-corrected chi connectivity index (χ0v) is 8.79. The van der Waals surface area contributed by atoms with Crippen LogP contribution in [0, 0.1) is 0 Å². The average Bonchev–Trinajstić information content (AvgIpc) is 2.13. The van der Waals surface area contributed by atoms with Crippen molar-refractivity contribution < 1.29 is 9.53 Å². The average molecular weight is 200 g/mol. The maximum absolute atomic E-state index is 10.3. The van der Waals surface area contributed by atoms with Crippen LogP contribution in [-0.2, 0) is 9.53 Å². The summed E-state index contributed by atoms with van der Waals surface area (Å²) in [7, 11) is 0. The first-order valence-electron chi connectivity index (χ1n) is 4.87. The van der Waals surface area contributed by atoms with Gasteiger partial charge in [-0.05, 0) is 19.8 Å². The number of nitrogens with two attached hydrogens (primary N) is 1. The zero-order chi connectivity index (χ0) is 10.8. The molecule has 0 aromatic rings. The molecule has 0 aromatic carbocycles. The Bertz CT molecular complexity index is 172. The number of ether oxygens (including phenoxy) is 1. The summed E-state index contributed by atoms with van der Waals surface area (Å²) in [5, 5.41) is 3.27. The Hall–Kier alpha value is -0.870. The molecule has 14 heavy (non-hydrogen) atoms. The quantitative estimate of drug-likeness (QED) is 0.419. The predicted octanol–water partition coefficient (Wildman–Crippen LogP) is 0.433. The predicted molar refractivity (Wildman–Crippen MR) is 56.9 cm³/mol. The van der Waals surface area contributed by atoms with E-state index < -0.39 is 5.91 Å². The first-order valence-corrected chi connectivity index (χ1v) is 4.87. The summed E-state index contributed by atoms with van der Waals surface area (Å²) >= 11 is 0. The van der Waals surface area contributed by atoms with Gasteiger partial charge in [0.05, 0.1) is 6.61 Å². The van der Waals surface area contributed by atoms with Crippen molar-refractivity contribution in [2.24, 2.45) is 5.73 Å². The first-order chi connectivity index (χ1) is 6.66. The van der Waals surface area contributed by atoms with Crippen molar-refractivity contribution in [1.82, 2.24) is 5.32 Å². The van der Waals surface area contributed by atoms with Gasteiger partial charge in [-0.2, -0.15) is 0 Å². The van der Waals surface area contributed by atoms with Gasteiger partial charge in [0, 0.05) is 12.6 Å². The maximum Gasteiger partial charge on any atom is 0.243 e. The number of amides is 1. The van der Waals surface area contributed by atoms with Crippen LogP contribution in [0.25, 0.3) is 0 Å². The second-order valence-electron chi connectivity index (χ2n) is 3.24. The van der Waals surface area contributed by atoms with Crippen molar-refractivity contribution in [3.8, 4) is 0 Å². The molecule has 0 aliphatic heterocycles. The van der Waals surface area contributed by atoms with Crippen molar-refractivity contribution in [2.75, 3.05) is 19.8 Å². The number of allylic oxidation sites excluding steroid dienone is 1. The lowest BCUT2D eigenvalue weighted by atomic mass is 10.2. The van der Waals surface area contributed by atoms with Gasteiger partial charge < -0.3 is 15.8 Å². The Balaban J connectivity index is 3.18. The summed E-state index contributed by atoms with van der Waals surface area (Å²) in [5.41, 5.74) is 4.90. The Morgan fingerprint density at radius 3 is 3.00 bits per heavy atom. The molecule has 0 saturated carbocycles. The standard InChI is InChI=1S/C10H20N2O2/c1-3-4-5-9(2)12-6-7-14-8-10(11)13/h3,9,12H,1,4-8H2,2H3,(H2,11,13). The van der Waals surface area contributed by atoms with Crippen LogP contribution in [0.3, 0.4) is 0 Å². The molecular weight excluding hydrogens is 180 g/mol. The molecule has 4 heteroatoms. The molecule has 3 N–H and O–H groups in total. The molecule has 82 valence electrons. The first kappa shape index (κ1) is 13.1. The Morgan fingerprint density at radius 2 is 2.43 bits per heavy atom. The van der Waals surface area contributed by atoms with E-state index in [0.29, 0.717) is 12.6 Å². The molecule has 1 amide bonds. The largest absolute Gasteiger partial charge is 0.370 e. The highest BCUT2D eigenvalue weighted by atomic mass is 16.5. The van der Waals surface area contributed by atoms with Gasteiger partial charge in [-0.15, -0.1) is 6.58 Å². The minimum absolute atomic E-state index is 0.00270. The van der Waals surface area contributed by atoms with Crippen molar-refractivity contribution in [1.29, 1.82) is 0 Å². The zero-order valence-electron chi connectivity index (χ0n) is 8.79. The Labute approximate surface area is 85.5 Å². The summed E-state index contributed by atoms with van der Waals surface area (Å²) in [6.45, 7) is 7.03. The molecule has 0 spiro atoms. The molecule has 0 aromatic heterocycles. The van der Waals surface area contributed by atoms with Gasteiger partial charge in [0.25, 0.3) is 0 Å². The van der Waals surface area contributed by atoms with Gasteiger partial charge >= 0.3 is 0 Å². The minimum Gasteiger partial charge on any atom is -0.370 e. The van der Waals surface area contributed by atoms with E-state index in [1.807, 2.05) is 6.08 Å². The molecule has 0 aliphatic rings. The molecule has 0 radical (unpaired) electrons. The van der Waals surface area contributed by atoms with Crippen LogP contribution >= 0.6 is 0 Å². The fraction of sp³-hybridized carbons (Fsp3) is 0.700. The fourth-order valence-corrected chi connectivity index (χ4v) is 1.02. The number of nitrogens with one attached hydrogen (secondary N) is 1. The van der Waals surface area contributed by atoms with Crippen LogP contribution in [0.2, 0.25) is 0 Å². The van der Waals surface area contributed by atoms with Crippen LogP contribution in [0.1, 0.15) is 19.8 Å². The minimum atomic E-state index is -0.426. The third kappa shape index (κ3) is 9.22. The smallest absolute Gasteiger partial charge is 0.243 e. The van der Waals surface area contributed by atoms with Gasteiger partial charge in [0.2, 0.25) is 5.91 Å². The van der Waals surface area contributed by atoms with E-state index in [-0.39, 0.29) is 6.61 Å². The lowest BCUT2D eigenvalue weighted by Crippen LogP contribution is -2.30. The van der Waals surface area contributed by atoms with Crippen LogP contribution in [-0.4, -0.2) is 31.7 Å². The van der Waals surface area contributed by atoms with Crippen molar-refractivity contribution in [2.45, 2.75) is 25.8 Å². The second-order valence-corrected chi connectivity index (χ2v) is 3.24. The summed E-state index contributed by atoms with van der Waals surface area (Å²) in [6, 6.07) is 0.449. The van der Waals surface area contributed by atoms with E-state index in [9.17, 15) is 4.79 Å². The van der Waals surface area contributed by atoms with Crippen LogP contribution in [0.5, 0.6) is 0 Å². The highest BCUT2D eigenvalue weighted by Gasteiger charge is 1.99. The molecule has 0 heterocycles. The monoisotopic (exact) mass is 200 g/mol. The van der Waals surface area contributed by atoms with Crippen LogP contribution < -0.4 is 11.1 Å². The number of carbonyl (C=O) groups excluding carboxylic acids is 1. The molecule has 0 saturated heterocycles. The van der Waals surface area contributed by atoms with Gasteiger partial charge in [0.1, 0.15) is 6.61 Å². The van der Waals surface area contributed by atoms with Crippen molar-refractivity contribution >= 4 is 5.91 Å². The molecule has 1 unspecified atom stereocenters. The highest BCUT2D eigenvalue weighted by Crippen LogP contribution is 1.95. The van der Waals surface area contributed by atoms with E-state index in [0.717, 1.165) is 19.4 Å². The van der Waals surface area contributed by atoms with Crippen molar-refractivity contribution in [3.05, 3.63) is 12.7 Å². The SMILES string of the molecule is C=CCCC(C)NCCOCC(N)=O. The fourth-order valence-electron chi connectivity index (χ4n) is 1.02. The molecule has 0 aliphatic carbocycles. The van der Waals surface area contributed by atoms with Gasteiger partial charge in [-0.3, -0.25) is 4.79 Å². The second kappa shape index (κ2) is 8.72. The van der Waals surface area contributed by atoms with Gasteiger partial charge in [-0.1, -0.05) is 6.08 Å². The van der Waals surface area contributed by atoms with Gasteiger partial charge in [-0.25, -0.2) is 0 Å². The lowest BCUT2D eigenvalue weighted by molar-refractivity contribution is -0.122. The molecule has 1 atom stereocenters. The maximum atomic E-state index is 10.3. The molecule has 0 rings (SSSR count). The number of hydrogen-bond donors (Lipinski definition) is 2. The normalized spacial score (nSPS) is 12.4. The number of carbonyl (C=O) groups is 1. The molecular formula is C10H20N2O2. The third-order valence-electron chi connectivity index (χ3n) is 1.79. The van der Waals surface area contributed by atoms with Crippen molar-refractivity contribution in [3.63, 3.8) is 0 Å².